The number of piperidine rings is 1. The number of hydrogen-bond acceptors (Lipinski definition) is 5. The van der Waals surface area contributed by atoms with Crippen LogP contribution in [0.1, 0.15) is 66.2 Å². The zero-order valence-corrected chi connectivity index (χ0v) is 14.2. The van der Waals surface area contributed by atoms with Gasteiger partial charge in [0.05, 0.1) is 30.5 Å². The normalized spacial score (nSPS) is 27.0. The van der Waals surface area contributed by atoms with E-state index in [2.05, 4.69) is 4.98 Å². The third-order valence-electron chi connectivity index (χ3n) is 5.30. The molecule has 4 rings (SSSR count). The van der Waals surface area contributed by atoms with E-state index in [4.69, 9.17) is 9.47 Å². The average molecular weight is 336 g/mol. The van der Waals surface area contributed by atoms with E-state index in [1.165, 1.54) is 37.0 Å². The van der Waals surface area contributed by atoms with Crippen molar-refractivity contribution in [2.45, 2.75) is 63.2 Å². The van der Waals surface area contributed by atoms with Crippen molar-refractivity contribution in [1.82, 2.24) is 9.88 Å². The first-order chi connectivity index (χ1) is 11.3. The first-order valence-corrected chi connectivity index (χ1v) is 9.70. The van der Waals surface area contributed by atoms with Gasteiger partial charge in [-0.15, -0.1) is 11.3 Å². The van der Waals surface area contributed by atoms with Gasteiger partial charge in [0.2, 0.25) is 0 Å². The van der Waals surface area contributed by atoms with Crippen LogP contribution in [0.25, 0.3) is 0 Å². The van der Waals surface area contributed by atoms with Gasteiger partial charge in [-0.05, 0) is 32.1 Å². The van der Waals surface area contributed by atoms with E-state index in [0.29, 0.717) is 19.1 Å². The standard InChI is InChI=1S/C17H24N2O3S/c20-16(15-14(18-11-23-15)12-5-1-2-6-12)19-8-4-3-7-13(19)17-21-9-10-22-17/h11-13,17H,1-10H2. The summed E-state index contributed by atoms with van der Waals surface area (Å²) in [4.78, 5) is 20.6. The molecule has 0 radical (unpaired) electrons. The molecule has 126 valence electrons. The van der Waals surface area contributed by atoms with E-state index in [0.717, 1.165) is 36.4 Å². The molecule has 0 aromatic carbocycles. The summed E-state index contributed by atoms with van der Waals surface area (Å²) in [6.07, 6.45) is 7.76. The van der Waals surface area contributed by atoms with Crippen molar-refractivity contribution in [2.24, 2.45) is 0 Å². The number of thiazole rings is 1. The van der Waals surface area contributed by atoms with Gasteiger partial charge in [-0.25, -0.2) is 4.98 Å². The van der Waals surface area contributed by atoms with Gasteiger partial charge < -0.3 is 14.4 Å². The molecule has 1 aromatic rings. The third-order valence-corrected chi connectivity index (χ3v) is 6.13. The third kappa shape index (κ3) is 3.04. The molecule has 23 heavy (non-hydrogen) atoms. The SMILES string of the molecule is O=C(c1scnc1C1CCCC1)N1CCCCC1C1OCCO1. The molecule has 6 heteroatoms. The zero-order valence-electron chi connectivity index (χ0n) is 13.4. The monoisotopic (exact) mass is 336 g/mol. The highest BCUT2D eigenvalue weighted by atomic mass is 32.1. The van der Waals surface area contributed by atoms with E-state index >= 15 is 0 Å². The van der Waals surface area contributed by atoms with Gasteiger partial charge in [0, 0.05) is 12.5 Å². The second-order valence-electron chi connectivity index (χ2n) is 6.72. The minimum atomic E-state index is -0.248. The van der Waals surface area contributed by atoms with Gasteiger partial charge in [0.1, 0.15) is 4.88 Å². The van der Waals surface area contributed by atoms with Gasteiger partial charge in [0.25, 0.3) is 5.91 Å². The number of carbonyl (C=O) groups is 1. The maximum atomic E-state index is 13.2. The lowest BCUT2D eigenvalue weighted by atomic mass is 9.99. The second-order valence-corrected chi connectivity index (χ2v) is 7.57. The average Bonchev–Trinajstić information content (AvgIpc) is 3.35. The molecule has 3 aliphatic rings. The predicted molar refractivity (Wildman–Crippen MR) is 87.7 cm³/mol. The fraction of sp³-hybridized carbons (Fsp3) is 0.765. The molecule has 2 aliphatic heterocycles. The summed E-state index contributed by atoms with van der Waals surface area (Å²) in [6, 6.07) is 0.0530. The lowest BCUT2D eigenvalue weighted by molar-refractivity contribution is -0.100. The predicted octanol–water partition coefficient (Wildman–Crippen LogP) is 3.17. The Kier molecular flexibility index (Phi) is 4.64. The molecule has 1 saturated carbocycles. The zero-order chi connectivity index (χ0) is 15.6. The van der Waals surface area contributed by atoms with E-state index in [1.807, 2.05) is 10.4 Å². The Morgan fingerprint density at radius 2 is 1.87 bits per heavy atom. The molecule has 5 nitrogen and oxygen atoms in total. The first kappa shape index (κ1) is 15.5. The topological polar surface area (TPSA) is 51.7 Å². The second kappa shape index (κ2) is 6.87. The Balaban J connectivity index is 1.56. The largest absolute Gasteiger partial charge is 0.348 e. The Hall–Kier alpha value is -0.980. The molecule has 1 aliphatic carbocycles. The number of rotatable bonds is 3. The molecule has 2 saturated heterocycles. The van der Waals surface area contributed by atoms with Crippen LogP contribution in [0.2, 0.25) is 0 Å². The summed E-state index contributed by atoms with van der Waals surface area (Å²) in [5.41, 5.74) is 2.87. The Bertz CT molecular complexity index is 550. The number of amides is 1. The molecule has 1 atom stereocenters. The van der Waals surface area contributed by atoms with Crippen molar-refractivity contribution >= 4 is 17.2 Å². The summed E-state index contributed by atoms with van der Waals surface area (Å²) >= 11 is 1.50. The Labute approximate surface area is 141 Å². The van der Waals surface area contributed by atoms with Crippen molar-refractivity contribution < 1.29 is 14.3 Å². The minimum absolute atomic E-state index is 0.0530. The highest BCUT2D eigenvalue weighted by Gasteiger charge is 2.38. The molecule has 0 N–H and O–H groups in total. The Morgan fingerprint density at radius 1 is 1.13 bits per heavy atom. The number of likely N-dealkylation sites (tertiary alicyclic amines) is 1. The van der Waals surface area contributed by atoms with Gasteiger partial charge in [-0.2, -0.15) is 0 Å². The van der Waals surface area contributed by atoms with Crippen LogP contribution in [0, 0.1) is 0 Å². The quantitative estimate of drug-likeness (QED) is 0.851. The number of carbonyl (C=O) groups excluding carboxylic acids is 1. The van der Waals surface area contributed by atoms with Gasteiger partial charge >= 0.3 is 0 Å². The van der Waals surface area contributed by atoms with Crippen LogP contribution in [0.3, 0.4) is 0 Å². The highest BCUT2D eigenvalue weighted by molar-refractivity contribution is 7.11. The maximum Gasteiger partial charge on any atom is 0.266 e. The summed E-state index contributed by atoms with van der Waals surface area (Å²) in [7, 11) is 0. The van der Waals surface area contributed by atoms with Gasteiger partial charge in [0.15, 0.2) is 6.29 Å². The Morgan fingerprint density at radius 3 is 2.65 bits per heavy atom. The van der Waals surface area contributed by atoms with Crippen LogP contribution in [0.15, 0.2) is 5.51 Å². The molecule has 1 aromatic heterocycles. The van der Waals surface area contributed by atoms with Crippen LogP contribution in [-0.2, 0) is 9.47 Å². The maximum absolute atomic E-state index is 13.2. The lowest BCUT2D eigenvalue weighted by Crippen LogP contribution is -2.50. The summed E-state index contributed by atoms with van der Waals surface area (Å²) in [6.45, 7) is 2.07. The van der Waals surface area contributed by atoms with Gasteiger partial charge in [-0.3, -0.25) is 4.79 Å². The number of nitrogens with zero attached hydrogens (tertiary/aromatic N) is 2. The van der Waals surface area contributed by atoms with Crippen LogP contribution < -0.4 is 0 Å². The van der Waals surface area contributed by atoms with Gasteiger partial charge in [-0.1, -0.05) is 12.8 Å². The molecule has 0 spiro atoms. The fourth-order valence-electron chi connectivity index (χ4n) is 4.13. The molecular weight excluding hydrogens is 312 g/mol. The van der Waals surface area contributed by atoms with Crippen LogP contribution >= 0.6 is 11.3 Å². The van der Waals surface area contributed by atoms with Crippen LogP contribution in [0.4, 0.5) is 0 Å². The molecule has 3 heterocycles. The fourth-order valence-corrected chi connectivity index (χ4v) is 4.96. The summed E-state index contributed by atoms with van der Waals surface area (Å²) in [5, 5.41) is 0. The van der Waals surface area contributed by atoms with E-state index in [-0.39, 0.29) is 18.2 Å². The highest BCUT2D eigenvalue weighted by Crippen LogP contribution is 2.37. The molecule has 1 amide bonds. The van der Waals surface area contributed by atoms with Crippen LogP contribution in [-0.4, -0.2) is 47.9 Å². The van der Waals surface area contributed by atoms with Crippen molar-refractivity contribution in [3.63, 3.8) is 0 Å². The van der Waals surface area contributed by atoms with E-state index in [1.54, 1.807) is 0 Å². The first-order valence-electron chi connectivity index (χ1n) is 8.82. The van der Waals surface area contributed by atoms with Crippen molar-refractivity contribution in [3.8, 4) is 0 Å². The van der Waals surface area contributed by atoms with Crippen molar-refractivity contribution in [2.75, 3.05) is 19.8 Å². The van der Waals surface area contributed by atoms with Crippen molar-refractivity contribution in [3.05, 3.63) is 16.1 Å². The van der Waals surface area contributed by atoms with E-state index < -0.39 is 0 Å². The molecule has 1 unspecified atom stereocenters. The molecule has 3 fully saturated rings. The van der Waals surface area contributed by atoms with Crippen LogP contribution in [0.5, 0.6) is 0 Å². The van der Waals surface area contributed by atoms with Crippen molar-refractivity contribution in [1.29, 1.82) is 0 Å². The number of aromatic nitrogens is 1. The van der Waals surface area contributed by atoms with E-state index in [9.17, 15) is 4.79 Å². The number of ether oxygens (including phenoxy) is 2. The minimum Gasteiger partial charge on any atom is -0.348 e. The molecular formula is C17H24N2O3S. The summed E-state index contributed by atoms with van der Waals surface area (Å²) < 4.78 is 11.4. The smallest absolute Gasteiger partial charge is 0.266 e. The molecule has 0 bridgehead atoms. The number of hydrogen-bond donors (Lipinski definition) is 0. The lowest BCUT2D eigenvalue weighted by Gasteiger charge is -2.38. The summed E-state index contributed by atoms with van der Waals surface area (Å²) in [5.74, 6) is 0.612.